The third-order valence-corrected chi connectivity index (χ3v) is 3.69. The third-order valence-electron chi connectivity index (χ3n) is 3.69. The van der Waals surface area contributed by atoms with Crippen LogP contribution in [0.2, 0.25) is 0 Å². The Morgan fingerprint density at radius 3 is 2.59 bits per heavy atom. The predicted octanol–water partition coefficient (Wildman–Crippen LogP) is 1.13. The summed E-state index contributed by atoms with van der Waals surface area (Å²) in [5.74, 6) is -0.351. The lowest BCUT2D eigenvalue weighted by molar-refractivity contribution is -0.144. The zero-order chi connectivity index (χ0) is 12.3. The molecule has 1 aliphatic carbocycles. The summed E-state index contributed by atoms with van der Waals surface area (Å²) in [6.45, 7) is 1.14. The van der Waals surface area contributed by atoms with Crippen molar-refractivity contribution in [3.63, 3.8) is 0 Å². The second kappa shape index (κ2) is 5.38. The summed E-state index contributed by atoms with van der Waals surface area (Å²) in [4.78, 5) is 25.0. The van der Waals surface area contributed by atoms with Gasteiger partial charge in [-0.1, -0.05) is 12.8 Å². The quantitative estimate of drug-likeness (QED) is 0.736. The van der Waals surface area contributed by atoms with Crippen LogP contribution in [0.15, 0.2) is 0 Å². The summed E-state index contributed by atoms with van der Waals surface area (Å²) in [5, 5.41) is 3.03. The Labute approximate surface area is 101 Å². The molecule has 2 rings (SSSR count). The number of hydrogen-bond donors (Lipinski definition) is 1. The number of ether oxygens (including phenoxy) is 1. The van der Waals surface area contributed by atoms with Crippen LogP contribution in [0.25, 0.3) is 0 Å². The molecule has 1 heterocycles. The fraction of sp³-hybridized carbons (Fsp3) is 0.833. The summed E-state index contributed by atoms with van der Waals surface area (Å²) < 4.78 is 4.70. The molecule has 2 aliphatic rings. The Morgan fingerprint density at radius 1 is 1.24 bits per heavy atom. The van der Waals surface area contributed by atoms with Crippen molar-refractivity contribution in [3.05, 3.63) is 0 Å². The van der Waals surface area contributed by atoms with Gasteiger partial charge in [-0.15, -0.1) is 0 Å². The van der Waals surface area contributed by atoms with Gasteiger partial charge in [-0.05, 0) is 19.3 Å². The maximum Gasteiger partial charge on any atom is 0.317 e. The second-order valence-electron chi connectivity index (χ2n) is 4.89. The molecule has 0 aromatic rings. The first kappa shape index (κ1) is 12.2. The van der Waals surface area contributed by atoms with Crippen molar-refractivity contribution in [3.8, 4) is 0 Å². The molecule has 0 spiro atoms. The van der Waals surface area contributed by atoms with Gasteiger partial charge in [-0.3, -0.25) is 4.79 Å². The molecule has 5 nitrogen and oxygen atoms in total. The van der Waals surface area contributed by atoms with Crippen molar-refractivity contribution in [1.82, 2.24) is 10.2 Å². The van der Waals surface area contributed by atoms with E-state index in [1.807, 2.05) is 0 Å². The molecule has 2 amide bonds. The Kier molecular flexibility index (Phi) is 3.86. The molecule has 1 aliphatic heterocycles. The predicted molar refractivity (Wildman–Crippen MR) is 62.5 cm³/mol. The lowest BCUT2D eigenvalue weighted by atomic mass is 10.1. The van der Waals surface area contributed by atoms with Gasteiger partial charge >= 0.3 is 12.0 Å². The van der Waals surface area contributed by atoms with Crippen LogP contribution in [0, 0.1) is 5.92 Å². The largest absolute Gasteiger partial charge is 0.469 e. The number of methoxy groups -OCH3 is 1. The molecular formula is C12H20N2O3. The third kappa shape index (κ3) is 2.90. The SMILES string of the molecule is COC(=O)C1CCN(C(=O)NC2CCCC2)C1. The van der Waals surface area contributed by atoms with E-state index in [-0.39, 0.29) is 17.9 Å². The normalized spacial score (nSPS) is 25.0. The topological polar surface area (TPSA) is 58.6 Å². The van der Waals surface area contributed by atoms with E-state index in [1.54, 1.807) is 4.90 Å². The van der Waals surface area contributed by atoms with Crippen LogP contribution in [0.3, 0.4) is 0 Å². The van der Waals surface area contributed by atoms with E-state index >= 15 is 0 Å². The van der Waals surface area contributed by atoms with Gasteiger partial charge in [0.25, 0.3) is 0 Å². The fourth-order valence-electron chi connectivity index (χ4n) is 2.64. The van der Waals surface area contributed by atoms with Gasteiger partial charge in [-0.25, -0.2) is 4.79 Å². The Bertz CT molecular complexity index is 300. The summed E-state index contributed by atoms with van der Waals surface area (Å²) in [7, 11) is 1.39. The number of rotatable bonds is 2. The number of esters is 1. The van der Waals surface area contributed by atoms with Crippen LogP contribution in [0.5, 0.6) is 0 Å². The molecule has 96 valence electrons. The highest BCUT2D eigenvalue weighted by Gasteiger charge is 2.32. The van der Waals surface area contributed by atoms with Gasteiger partial charge < -0.3 is 15.0 Å². The number of carbonyl (C=O) groups is 2. The van der Waals surface area contributed by atoms with E-state index in [0.29, 0.717) is 25.6 Å². The molecule has 5 heteroatoms. The minimum Gasteiger partial charge on any atom is -0.469 e. The molecule has 0 aromatic heterocycles. The van der Waals surface area contributed by atoms with Gasteiger partial charge in [-0.2, -0.15) is 0 Å². The fourth-order valence-corrected chi connectivity index (χ4v) is 2.64. The van der Waals surface area contributed by atoms with Crippen LogP contribution in [-0.4, -0.2) is 43.1 Å². The van der Waals surface area contributed by atoms with Crippen LogP contribution < -0.4 is 5.32 Å². The zero-order valence-electron chi connectivity index (χ0n) is 10.3. The van der Waals surface area contributed by atoms with Gasteiger partial charge in [0, 0.05) is 19.1 Å². The van der Waals surface area contributed by atoms with Crippen molar-refractivity contribution in [2.75, 3.05) is 20.2 Å². The first-order valence-electron chi connectivity index (χ1n) is 6.34. The molecule has 0 aromatic carbocycles. The van der Waals surface area contributed by atoms with Crippen LogP contribution in [-0.2, 0) is 9.53 Å². The Morgan fingerprint density at radius 2 is 1.94 bits per heavy atom. The highest BCUT2D eigenvalue weighted by atomic mass is 16.5. The van der Waals surface area contributed by atoms with Crippen LogP contribution in [0.4, 0.5) is 4.79 Å². The molecule has 1 N–H and O–H groups in total. The van der Waals surface area contributed by atoms with Crippen molar-refractivity contribution in [2.45, 2.75) is 38.1 Å². The van der Waals surface area contributed by atoms with Crippen LogP contribution in [0.1, 0.15) is 32.1 Å². The molecule has 1 saturated heterocycles. The first-order valence-corrected chi connectivity index (χ1v) is 6.34. The molecule has 0 radical (unpaired) electrons. The number of carbonyl (C=O) groups excluding carboxylic acids is 2. The molecular weight excluding hydrogens is 220 g/mol. The summed E-state index contributed by atoms with van der Waals surface area (Å²) in [6.07, 6.45) is 5.29. The number of hydrogen-bond acceptors (Lipinski definition) is 3. The maximum absolute atomic E-state index is 11.9. The summed E-state index contributed by atoms with van der Waals surface area (Å²) in [5.41, 5.74) is 0. The van der Waals surface area contributed by atoms with E-state index in [9.17, 15) is 9.59 Å². The van der Waals surface area contributed by atoms with Crippen molar-refractivity contribution >= 4 is 12.0 Å². The van der Waals surface area contributed by atoms with Gasteiger partial charge in [0.2, 0.25) is 0 Å². The second-order valence-corrected chi connectivity index (χ2v) is 4.89. The van der Waals surface area contributed by atoms with Gasteiger partial charge in [0.1, 0.15) is 0 Å². The smallest absolute Gasteiger partial charge is 0.317 e. The van der Waals surface area contributed by atoms with Crippen LogP contribution >= 0.6 is 0 Å². The summed E-state index contributed by atoms with van der Waals surface area (Å²) in [6, 6.07) is 0.308. The highest BCUT2D eigenvalue weighted by Crippen LogP contribution is 2.20. The average Bonchev–Trinajstić information content (AvgIpc) is 2.98. The van der Waals surface area contributed by atoms with Crippen molar-refractivity contribution in [1.29, 1.82) is 0 Å². The number of likely N-dealkylation sites (tertiary alicyclic amines) is 1. The minimum atomic E-state index is -0.207. The lowest BCUT2D eigenvalue weighted by Crippen LogP contribution is -2.43. The van der Waals surface area contributed by atoms with E-state index < -0.39 is 0 Å². The van der Waals surface area contributed by atoms with E-state index in [1.165, 1.54) is 20.0 Å². The number of urea groups is 1. The Balaban J connectivity index is 1.79. The molecule has 17 heavy (non-hydrogen) atoms. The highest BCUT2D eigenvalue weighted by molar-refractivity contribution is 5.78. The standard InChI is InChI=1S/C12H20N2O3/c1-17-11(15)9-6-7-14(8-9)12(16)13-10-4-2-3-5-10/h9-10H,2-8H2,1H3,(H,13,16). The van der Waals surface area contributed by atoms with Gasteiger partial charge in [0.05, 0.1) is 13.0 Å². The number of nitrogens with zero attached hydrogens (tertiary/aromatic N) is 1. The van der Waals surface area contributed by atoms with Gasteiger partial charge in [0.15, 0.2) is 0 Å². The Hall–Kier alpha value is -1.26. The first-order chi connectivity index (χ1) is 8.20. The average molecular weight is 240 g/mol. The molecule has 1 saturated carbocycles. The van der Waals surface area contributed by atoms with Crippen molar-refractivity contribution in [2.24, 2.45) is 5.92 Å². The lowest BCUT2D eigenvalue weighted by Gasteiger charge is -2.20. The summed E-state index contributed by atoms with van der Waals surface area (Å²) >= 11 is 0. The zero-order valence-corrected chi connectivity index (χ0v) is 10.3. The monoisotopic (exact) mass is 240 g/mol. The molecule has 1 unspecified atom stereocenters. The van der Waals surface area contributed by atoms with E-state index in [2.05, 4.69) is 5.32 Å². The van der Waals surface area contributed by atoms with E-state index in [0.717, 1.165) is 12.8 Å². The number of amides is 2. The molecule has 0 bridgehead atoms. The van der Waals surface area contributed by atoms with E-state index in [4.69, 9.17) is 4.74 Å². The van der Waals surface area contributed by atoms with Crippen molar-refractivity contribution < 1.29 is 14.3 Å². The maximum atomic E-state index is 11.9. The molecule has 1 atom stereocenters. The molecule has 2 fully saturated rings. The minimum absolute atomic E-state index is 0.0247. The number of nitrogens with one attached hydrogen (secondary N) is 1.